The van der Waals surface area contributed by atoms with Gasteiger partial charge in [-0.3, -0.25) is 0 Å². The molecule has 0 N–H and O–H groups in total. The Hall–Kier alpha value is -6.85. The van der Waals surface area contributed by atoms with E-state index < -0.39 is 0 Å². The van der Waals surface area contributed by atoms with E-state index in [0.717, 1.165) is 61.7 Å². The molecule has 0 atom stereocenters. The zero-order valence-corrected chi connectivity index (χ0v) is 28.8. The average Bonchev–Trinajstić information content (AvgIpc) is 3.20. The van der Waals surface area contributed by atoms with Gasteiger partial charge in [0.2, 0.25) is 0 Å². The first-order valence-corrected chi connectivity index (χ1v) is 17.4. The van der Waals surface area contributed by atoms with Gasteiger partial charge in [0.1, 0.15) is 0 Å². The molecule has 5 nitrogen and oxygen atoms in total. The average molecular weight is 668 g/mol. The molecule has 0 aliphatic carbocycles. The van der Waals surface area contributed by atoms with Crippen LogP contribution in [0.25, 0.3) is 89.4 Å². The topological polar surface area (TPSA) is 64.5 Å². The van der Waals surface area contributed by atoms with Gasteiger partial charge < -0.3 is 0 Å². The van der Waals surface area contributed by atoms with Gasteiger partial charge in [-0.25, -0.2) is 24.9 Å². The van der Waals surface area contributed by atoms with E-state index in [1.807, 2.05) is 80.6 Å². The Morgan fingerprint density at radius 2 is 0.788 bits per heavy atom. The van der Waals surface area contributed by atoms with E-state index in [1.165, 1.54) is 21.5 Å². The SMILES string of the molecule is Cc1cc(C)nc(-c2ccc(-c3cc(-c4nc(-c5ccccc5)nc(-c5ccccc5)n4)cc(-c4cccc5c4ccc4ccccc45)c3)cc2)n1. The van der Waals surface area contributed by atoms with Gasteiger partial charge in [0.25, 0.3) is 0 Å². The highest BCUT2D eigenvalue weighted by molar-refractivity contribution is 6.12. The van der Waals surface area contributed by atoms with Crippen molar-refractivity contribution in [2.75, 3.05) is 0 Å². The molecule has 52 heavy (non-hydrogen) atoms. The summed E-state index contributed by atoms with van der Waals surface area (Å²) in [6.45, 7) is 4.01. The fourth-order valence-corrected chi connectivity index (χ4v) is 6.98. The Balaban J connectivity index is 1.26. The predicted molar refractivity (Wildman–Crippen MR) is 213 cm³/mol. The number of hydrogen-bond acceptors (Lipinski definition) is 5. The molecule has 0 spiro atoms. The van der Waals surface area contributed by atoms with E-state index >= 15 is 0 Å². The highest BCUT2D eigenvalue weighted by Gasteiger charge is 2.16. The van der Waals surface area contributed by atoms with Crippen molar-refractivity contribution in [2.45, 2.75) is 13.8 Å². The van der Waals surface area contributed by atoms with Gasteiger partial charge in [0.05, 0.1) is 0 Å². The fourth-order valence-electron chi connectivity index (χ4n) is 6.98. The van der Waals surface area contributed by atoms with E-state index in [4.69, 9.17) is 24.9 Å². The summed E-state index contributed by atoms with van der Waals surface area (Å²) < 4.78 is 0. The van der Waals surface area contributed by atoms with Gasteiger partial charge in [-0.05, 0) is 81.9 Å². The summed E-state index contributed by atoms with van der Waals surface area (Å²) in [4.78, 5) is 24.5. The molecular formula is C47H33N5. The molecule has 2 aromatic heterocycles. The van der Waals surface area contributed by atoms with Crippen LogP contribution in [-0.2, 0) is 0 Å². The normalized spacial score (nSPS) is 11.3. The minimum Gasteiger partial charge on any atom is -0.233 e. The second-order valence-corrected chi connectivity index (χ2v) is 13.1. The molecule has 0 saturated carbocycles. The van der Waals surface area contributed by atoms with Crippen LogP contribution in [0, 0.1) is 13.8 Å². The second-order valence-electron chi connectivity index (χ2n) is 13.1. The Labute approximate surface area is 302 Å². The van der Waals surface area contributed by atoms with Crippen LogP contribution in [-0.4, -0.2) is 24.9 Å². The highest BCUT2D eigenvalue weighted by atomic mass is 15.0. The fraction of sp³-hybridized carbons (Fsp3) is 0.0426. The summed E-state index contributed by atoms with van der Waals surface area (Å²) >= 11 is 0. The summed E-state index contributed by atoms with van der Waals surface area (Å²) in [5, 5.41) is 4.87. The highest BCUT2D eigenvalue weighted by Crippen LogP contribution is 2.38. The molecule has 0 aliphatic heterocycles. The van der Waals surface area contributed by atoms with Crippen LogP contribution in [0.5, 0.6) is 0 Å². The van der Waals surface area contributed by atoms with E-state index in [9.17, 15) is 0 Å². The van der Waals surface area contributed by atoms with Crippen molar-refractivity contribution in [3.63, 3.8) is 0 Å². The van der Waals surface area contributed by atoms with Crippen molar-refractivity contribution in [1.82, 2.24) is 24.9 Å². The lowest BCUT2D eigenvalue weighted by atomic mass is 9.91. The van der Waals surface area contributed by atoms with Gasteiger partial charge in [-0.15, -0.1) is 0 Å². The monoisotopic (exact) mass is 667 g/mol. The minimum absolute atomic E-state index is 0.613. The van der Waals surface area contributed by atoms with Crippen molar-refractivity contribution >= 4 is 21.5 Å². The zero-order chi connectivity index (χ0) is 35.0. The summed E-state index contributed by atoms with van der Waals surface area (Å²) in [5.41, 5.74) is 10.0. The summed E-state index contributed by atoms with van der Waals surface area (Å²) in [6, 6.07) is 57.0. The van der Waals surface area contributed by atoms with Gasteiger partial charge in [-0.1, -0.05) is 140 Å². The van der Waals surface area contributed by atoms with Crippen LogP contribution in [0.2, 0.25) is 0 Å². The first-order chi connectivity index (χ1) is 25.6. The third-order valence-corrected chi connectivity index (χ3v) is 9.45. The maximum atomic E-state index is 5.10. The largest absolute Gasteiger partial charge is 0.233 e. The van der Waals surface area contributed by atoms with E-state index in [-0.39, 0.29) is 0 Å². The molecule has 0 amide bonds. The molecule has 0 bridgehead atoms. The second kappa shape index (κ2) is 13.1. The maximum absolute atomic E-state index is 5.10. The van der Waals surface area contributed by atoms with Crippen LogP contribution >= 0.6 is 0 Å². The Bertz CT molecular complexity index is 2660. The van der Waals surface area contributed by atoms with Crippen LogP contribution < -0.4 is 0 Å². The lowest BCUT2D eigenvalue weighted by molar-refractivity contribution is 1.06. The molecule has 0 unspecified atom stereocenters. The quantitative estimate of drug-likeness (QED) is 0.165. The lowest BCUT2D eigenvalue weighted by Crippen LogP contribution is -2.00. The predicted octanol–water partition coefficient (Wildman–Crippen LogP) is 11.6. The summed E-state index contributed by atoms with van der Waals surface area (Å²) in [6.07, 6.45) is 0. The van der Waals surface area contributed by atoms with Crippen LogP contribution in [0.15, 0.2) is 164 Å². The number of benzene rings is 7. The first kappa shape index (κ1) is 31.2. The van der Waals surface area contributed by atoms with Crippen LogP contribution in [0.4, 0.5) is 0 Å². The minimum atomic E-state index is 0.613. The molecular weight excluding hydrogens is 635 g/mol. The third-order valence-electron chi connectivity index (χ3n) is 9.45. The number of nitrogens with zero attached hydrogens (tertiary/aromatic N) is 5. The van der Waals surface area contributed by atoms with E-state index in [1.54, 1.807) is 0 Å². The molecule has 0 fully saturated rings. The van der Waals surface area contributed by atoms with Gasteiger partial charge in [0.15, 0.2) is 23.3 Å². The van der Waals surface area contributed by atoms with Gasteiger partial charge in [0, 0.05) is 33.6 Å². The van der Waals surface area contributed by atoms with Crippen molar-refractivity contribution in [2.24, 2.45) is 0 Å². The van der Waals surface area contributed by atoms with Crippen molar-refractivity contribution in [1.29, 1.82) is 0 Å². The standard InChI is InChI=1S/C47H33N5/c1-30-26-31(2)49-44(48-30)36-22-20-32(21-23-36)37-27-38(41-18-11-19-42-40-17-10-9-12-33(40)24-25-43(41)42)29-39(28-37)47-51-45(34-13-5-3-6-14-34)50-46(52-47)35-15-7-4-8-16-35/h3-29H,1-2H3. The first-order valence-electron chi connectivity index (χ1n) is 17.4. The number of fused-ring (bicyclic) bond motifs is 3. The Morgan fingerprint density at radius 1 is 0.288 bits per heavy atom. The smallest absolute Gasteiger partial charge is 0.164 e. The molecule has 9 rings (SSSR count). The van der Waals surface area contributed by atoms with Crippen molar-refractivity contribution in [3.8, 4) is 67.8 Å². The number of rotatable bonds is 6. The Kier molecular flexibility index (Phi) is 7.86. The lowest BCUT2D eigenvalue weighted by Gasteiger charge is -2.14. The maximum Gasteiger partial charge on any atom is 0.164 e. The van der Waals surface area contributed by atoms with Crippen molar-refractivity contribution in [3.05, 3.63) is 175 Å². The molecule has 9 aromatic rings. The summed E-state index contributed by atoms with van der Waals surface area (Å²) in [7, 11) is 0. The van der Waals surface area contributed by atoms with E-state index in [2.05, 4.69) is 97.1 Å². The van der Waals surface area contributed by atoms with Crippen LogP contribution in [0.1, 0.15) is 11.4 Å². The molecule has 246 valence electrons. The van der Waals surface area contributed by atoms with E-state index in [0.29, 0.717) is 17.5 Å². The van der Waals surface area contributed by atoms with Crippen molar-refractivity contribution < 1.29 is 0 Å². The van der Waals surface area contributed by atoms with Gasteiger partial charge in [-0.2, -0.15) is 0 Å². The number of aromatic nitrogens is 5. The molecule has 2 heterocycles. The Morgan fingerprint density at radius 3 is 1.46 bits per heavy atom. The zero-order valence-electron chi connectivity index (χ0n) is 28.8. The number of aryl methyl sites for hydroxylation is 2. The molecule has 0 saturated heterocycles. The molecule has 7 aromatic carbocycles. The molecule has 0 aliphatic rings. The van der Waals surface area contributed by atoms with Crippen LogP contribution in [0.3, 0.4) is 0 Å². The van der Waals surface area contributed by atoms with Gasteiger partial charge >= 0.3 is 0 Å². The molecule has 0 radical (unpaired) electrons. The third kappa shape index (κ3) is 5.99. The number of hydrogen-bond donors (Lipinski definition) is 0. The molecule has 5 heteroatoms. The summed E-state index contributed by atoms with van der Waals surface area (Å²) in [5.74, 6) is 2.60.